The molecule has 1 aromatic rings. The van der Waals surface area contributed by atoms with Crippen LogP contribution in [0, 0.1) is 5.92 Å². The molecule has 2 aliphatic heterocycles. The molecule has 1 unspecified atom stereocenters. The predicted molar refractivity (Wildman–Crippen MR) is 105 cm³/mol. The average molecular weight is 371 g/mol. The summed E-state index contributed by atoms with van der Waals surface area (Å²) < 4.78 is 5.49. The minimum Gasteiger partial charge on any atom is -0.444 e. The van der Waals surface area contributed by atoms with E-state index >= 15 is 0 Å². The van der Waals surface area contributed by atoms with Crippen LogP contribution in [0.15, 0.2) is 23.2 Å². The maximum Gasteiger partial charge on any atom is 0.410 e. The Morgan fingerprint density at radius 3 is 2.70 bits per heavy atom. The van der Waals surface area contributed by atoms with Crippen LogP contribution in [0.1, 0.15) is 51.7 Å². The molecule has 27 heavy (non-hydrogen) atoms. The van der Waals surface area contributed by atoms with E-state index in [-0.39, 0.29) is 17.9 Å². The van der Waals surface area contributed by atoms with Crippen LogP contribution in [0.25, 0.3) is 0 Å². The number of hydrogen-bond donors (Lipinski definition) is 0. The summed E-state index contributed by atoms with van der Waals surface area (Å²) >= 11 is 0. The molecule has 0 radical (unpaired) electrons. The standard InChI is InChI=1S/C21H29N3O3/c1-15(25)23-10-6-7-16(12-23)11-22-19-9-5-8-17-13-24(14-18(17)19)20(26)27-21(2,3)4/h5,8-9,11,16H,6-7,10,12-14H2,1-4H3. The van der Waals surface area contributed by atoms with Gasteiger partial charge >= 0.3 is 6.09 Å². The number of ether oxygens (including phenoxy) is 1. The molecule has 0 saturated carbocycles. The molecule has 0 aliphatic carbocycles. The molecule has 146 valence electrons. The number of carbonyl (C=O) groups is 2. The zero-order valence-electron chi connectivity index (χ0n) is 16.7. The quantitative estimate of drug-likeness (QED) is 0.741. The van der Waals surface area contributed by atoms with Gasteiger partial charge in [0.05, 0.1) is 12.2 Å². The summed E-state index contributed by atoms with van der Waals surface area (Å²) in [7, 11) is 0. The Kier molecular flexibility index (Phi) is 5.53. The molecule has 1 saturated heterocycles. The lowest BCUT2D eigenvalue weighted by molar-refractivity contribution is -0.130. The molecule has 2 heterocycles. The Hall–Kier alpha value is -2.37. The van der Waals surface area contributed by atoms with Crippen molar-refractivity contribution in [3.05, 3.63) is 29.3 Å². The Morgan fingerprint density at radius 2 is 2.00 bits per heavy atom. The Bertz CT molecular complexity index is 752. The maximum atomic E-state index is 12.4. The fourth-order valence-electron chi connectivity index (χ4n) is 3.58. The summed E-state index contributed by atoms with van der Waals surface area (Å²) in [5.74, 6) is 0.406. The number of piperidine rings is 1. The van der Waals surface area contributed by atoms with Crippen LogP contribution < -0.4 is 0 Å². The third-order valence-electron chi connectivity index (χ3n) is 4.94. The first-order chi connectivity index (χ1) is 12.7. The molecule has 6 heteroatoms. The van der Waals surface area contributed by atoms with Crippen LogP contribution in [0.4, 0.5) is 10.5 Å². The average Bonchev–Trinajstić information content (AvgIpc) is 3.03. The lowest BCUT2D eigenvalue weighted by Gasteiger charge is -2.30. The minimum atomic E-state index is -0.504. The van der Waals surface area contributed by atoms with E-state index in [1.807, 2.05) is 50.1 Å². The number of likely N-dealkylation sites (tertiary alicyclic amines) is 1. The van der Waals surface area contributed by atoms with E-state index in [1.165, 1.54) is 0 Å². The van der Waals surface area contributed by atoms with Crippen molar-refractivity contribution in [2.75, 3.05) is 13.1 Å². The molecular formula is C21H29N3O3. The Balaban J connectivity index is 1.69. The van der Waals surface area contributed by atoms with E-state index in [4.69, 9.17) is 9.73 Å². The molecule has 1 fully saturated rings. The van der Waals surface area contributed by atoms with Crippen LogP contribution in [0.3, 0.4) is 0 Å². The lowest BCUT2D eigenvalue weighted by Crippen LogP contribution is -2.38. The summed E-state index contributed by atoms with van der Waals surface area (Å²) in [5, 5.41) is 0. The molecule has 2 aliphatic rings. The molecule has 0 bridgehead atoms. The SMILES string of the molecule is CC(=O)N1CCCC(C=Nc2cccc3c2CN(C(=O)OC(C)(C)C)C3)C1. The van der Waals surface area contributed by atoms with Crippen LogP contribution in [0.2, 0.25) is 0 Å². The van der Waals surface area contributed by atoms with Crippen LogP contribution in [-0.2, 0) is 22.6 Å². The second kappa shape index (κ2) is 7.71. The third-order valence-corrected chi connectivity index (χ3v) is 4.94. The number of nitrogens with zero attached hydrogens (tertiary/aromatic N) is 3. The molecule has 0 aromatic heterocycles. The first kappa shape index (κ1) is 19.4. The van der Waals surface area contributed by atoms with E-state index in [2.05, 4.69) is 0 Å². The van der Waals surface area contributed by atoms with Crippen LogP contribution in [-0.4, -0.2) is 46.7 Å². The van der Waals surface area contributed by atoms with Gasteiger partial charge in [-0.25, -0.2) is 4.79 Å². The summed E-state index contributed by atoms with van der Waals surface area (Å²) in [6, 6.07) is 6.00. The Morgan fingerprint density at radius 1 is 1.22 bits per heavy atom. The van der Waals surface area contributed by atoms with Crippen molar-refractivity contribution in [2.24, 2.45) is 10.9 Å². The van der Waals surface area contributed by atoms with Gasteiger partial charge in [-0.3, -0.25) is 14.7 Å². The number of rotatable bonds is 2. The van der Waals surface area contributed by atoms with Gasteiger partial charge in [-0.1, -0.05) is 12.1 Å². The first-order valence-electron chi connectivity index (χ1n) is 9.61. The molecule has 0 spiro atoms. The highest BCUT2D eigenvalue weighted by Gasteiger charge is 2.29. The van der Waals surface area contributed by atoms with Crippen molar-refractivity contribution < 1.29 is 14.3 Å². The smallest absolute Gasteiger partial charge is 0.410 e. The minimum absolute atomic E-state index is 0.127. The Labute approximate surface area is 161 Å². The maximum absolute atomic E-state index is 12.4. The number of aliphatic imine (C=N–C) groups is 1. The van der Waals surface area contributed by atoms with Crippen molar-refractivity contribution in [3.63, 3.8) is 0 Å². The van der Waals surface area contributed by atoms with Gasteiger partial charge in [0.15, 0.2) is 0 Å². The van der Waals surface area contributed by atoms with Gasteiger partial charge in [-0.05, 0) is 45.2 Å². The molecule has 0 N–H and O–H groups in total. The molecule has 3 rings (SSSR count). The summed E-state index contributed by atoms with van der Waals surface area (Å²) in [5.41, 5.74) is 2.60. The van der Waals surface area contributed by atoms with Crippen molar-refractivity contribution >= 4 is 23.9 Å². The third kappa shape index (κ3) is 4.87. The number of carbonyl (C=O) groups excluding carboxylic acids is 2. The van der Waals surface area contributed by atoms with Crippen molar-refractivity contribution in [1.82, 2.24) is 9.80 Å². The molecule has 1 aromatic carbocycles. The monoisotopic (exact) mass is 371 g/mol. The van der Waals surface area contributed by atoms with E-state index in [1.54, 1.807) is 11.8 Å². The van der Waals surface area contributed by atoms with Gasteiger partial charge in [0.1, 0.15) is 5.60 Å². The first-order valence-corrected chi connectivity index (χ1v) is 9.61. The second-order valence-corrected chi connectivity index (χ2v) is 8.40. The lowest BCUT2D eigenvalue weighted by atomic mass is 9.99. The van der Waals surface area contributed by atoms with E-state index in [0.717, 1.165) is 42.7 Å². The van der Waals surface area contributed by atoms with Gasteiger partial charge in [0, 0.05) is 44.3 Å². The highest BCUT2D eigenvalue weighted by Crippen LogP contribution is 2.32. The molecule has 6 nitrogen and oxygen atoms in total. The largest absolute Gasteiger partial charge is 0.444 e. The topological polar surface area (TPSA) is 62.2 Å². The van der Waals surface area contributed by atoms with Crippen molar-refractivity contribution in [1.29, 1.82) is 0 Å². The molecule has 2 amide bonds. The van der Waals surface area contributed by atoms with E-state index < -0.39 is 5.60 Å². The van der Waals surface area contributed by atoms with Crippen molar-refractivity contribution in [3.8, 4) is 0 Å². The van der Waals surface area contributed by atoms with Gasteiger partial charge in [0.25, 0.3) is 0 Å². The van der Waals surface area contributed by atoms with Crippen molar-refractivity contribution in [2.45, 2.75) is 59.2 Å². The van der Waals surface area contributed by atoms with Crippen LogP contribution in [0.5, 0.6) is 0 Å². The predicted octanol–water partition coefficient (Wildman–Crippen LogP) is 3.90. The number of amides is 2. The summed E-state index contributed by atoms with van der Waals surface area (Å²) in [4.78, 5) is 32.3. The van der Waals surface area contributed by atoms with Crippen LogP contribution >= 0.6 is 0 Å². The highest BCUT2D eigenvalue weighted by atomic mass is 16.6. The van der Waals surface area contributed by atoms with Gasteiger partial charge in [0.2, 0.25) is 5.91 Å². The molecule has 1 atom stereocenters. The number of fused-ring (bicyclic) bond motifs is 1. The number of hydrogen-bond acceptors (Lipinski definition) is 4. The summed E-state index contributed by atoms with van der Waals surface area (Å²) in [6.07, 6.45) is 3.74. The highest BCUT2D eigenvalue weighted by molar-refractivity contribution is 5.75. The fourth-order valence-corrected chi connectivity index (χ4v) is 3.58. The fraction of sp³-hybridized carbons (Fsp3) is 0.571. The summed E-state index contributed by atoms with van der Waals surface area (Å²) in [6.45, 7) is 9.88. The van der Waals surface area contributed by atoms with E-state index in [9.17, 15) is 9.59 Å². The zero-order chi connectivity index (χ0) is 19.6. The zero-order valence-corrected chi connectivity index (χ0v) is 16.7. The normalized spacial score (nSPS) is 20.1. The van der Waals surface area contributed by atoms with Gasteiger partial charge in [-0.2, -0.15) is 0 Å². The van der Waals surface area contributed by atoms with Gasteiger partial charge < -0.3 is 9.64 Å². The molecular weight excluding hydrogens is 342 g/mol. The van der Waals surface area contributed by atoms with E-state index in [0.29, 0.717) is 13.1 Å². The second-order valence-electron chi connectivity index (χ2n) is 8.40. The number of benzene rings is 1. The van der Waals surface area contributed by atoms with Gasteiger partial charge in [-0.15, -0.1) is 0 Å².